The molecule has 1 unspecified atom stereocenters. The Morgan fingerprint density at radius 3 is 2.71 bits per heavy atom. The minimum absolute atomic E-state index is 0.0905. The van der Waals surface area contributed by atoms with Crippen molar-refractivity contribution in [2.45, 2.75) is 23.8 Å². The van der Waals surface area contributed by atoms with E-state index in [-0.39, 0.29) is 6.04 Å². The summed E-state index contributed by atoms with van der Waals surface area (Å²) in [4.78, 5) is 0.343. The van der Waals surface area contributed by atoms with Gasteiger partial charge in [0.25, 0.3) is 0 Å². The third-order valence-corrected chi connectivity index (χ3v) is 3.72. The summed E-state index contributed by atoms with van der Waals surface area (Å²) in [6.07, 6.45) is 7.90. The molecular weight excluding hydrogens is 234 g/mol. The molecule has 3 nitrogen and oxygen atoms in total. The van der Waals surface area contributed by atoms with E-state index in [9.17, 15) is 8.42 Å². The van der Waals surface area contributed by atoms with Crippen LogP contribution >= 0.6 is 0 Å². The third kappa shape index (κ3) is 3.88. The van der Waals surface area contributed by atoms with E-state index in [0.29, 0.717) is 11.3 Å². The third-order valence-electron chi connectivity index (χ3n) is 2.61. The molecule has 0 aromatic heterocycles. The van der Waals surface area contributed by atoms with Gasteiger partial charge in [-0.2, -0.15) is 0 Å². The molecule has 0 heterocycles. The Hall–Kier alpha value is -1.31. The number of benzene rings is 1. The fraction of sp³-hybridized carbons (Fsp3) is 0.385. The van der Waals surface area contributed by atoms with Gasteiger partial charge in [0.05, 0.1) is 4.90 Å². The van der Waals surface area contributed by atoms with E-state index in [1.54, 1.807) is 18.2 Å². The van der Waals surface area contributed by atoms with Crippen molar-refractivity contribution in [3.8, 4) is 12.3 Å². The van der Waals surface area contributed by atoms with Crippen molar-refractivity contribution in [2.75, 3.05) is 13.3 Å². The zero-order valence-electron chi connectivity index (χ0n) is 10.1. The second-order valence-electron chi connectivity index (χ2n) is 3.93. The van der Waals surface area contributed by atoms with Crippen molar-refractivity contribution in [1.82, 2.24) is 5.32 Å². The number of sulfone groups is 1. The Labute approximate surface area is 103 Å². The van der Waals surface area contributed by atoms with Gasteiger partial charge in [-0.3, -0.25) is 0 Å². The Morgan fingerprint density at radius 1 is 1.47 bits per heavy atom. The van der Waals surface area contributed by atoms with E-state index in [2.05, 4.69) is 11.2 Å². The zero-order chi connectivity index (χ0) is 12.9. The number of terminal acetylenes is 1. The first-order chi connectivity index (χ1) is 7.99. The molecule has 0 fully saturated rings. The normalized spacial score (nSPS) is 13.0. The minimum atomic E-state index is -3.16. The Morgan fingerprint density at radius 2 is 2.18 bits per heavy atom. The van der Waals surface area contributed by atoms with Crippen LogP contribution in [0.1, 0.15) is 24.4 Å². The molecule has 1 atom stereocenters. The molecule has 1 aromatic carbocycles. The monoisotopic (exact) mass is 251 g/mol. The van der Waals surface area contributed by atoms with Gasteiger partial charge in [-0.05, 0) is 31.2 Å². The summed E-state index contributed by atoms with van der Waals surface area (Å²) in [5, 5.41) is 3.14. The lowest BCUT2D eigenvalue weighted by atomic mass is 10.0. The first kappa shape index (κ1) is 13.8. The molecule has 1 rings (SSSR count). The van der Waals surface area contributed by atoms with Crippen LogP contribution in [0.15, 0.2) is 29.2 Å². The van der Waals surface area contributed by atoms with E-state index in [0.717, 1.165) is 12.0 Å². The Bertz CT molecular complexity index is 514. The summed E-state index contributed by atoms with van der Waals surface area (Å²) in [6, 6.07) is 7.06. The van der Waals surface area contributed by atoms with Gasteiger partial charge in [0.1, 0.15) is 0 Å². The minimum Gasteiger partial charge on any atom is -0.313 e. The molecule has 4 heteroatoms. The quantitative estimate of drug-likeness (QED) is 0.811. The van der Waals surface area contributed by atoms with Crippen LogP contribution in [0.4, 0.5) is 0 Å². The molecular formula is C13H17NO2S. The van der Waals surface area contributed by atoms with Gasteiger partial charge in [-0.25, -0.2) is 8.42 Å². The van der Waals surface area contributed by atoms with Crippen LogP contribution in [0.25, 0.3) is 0 Å². The predicted molar refractivity (Wildman–Crippen MR) is 69.4 cm³/mol. The number of hydrogen-bond acceptors (Lipinski definition) is 3. The maximum Gasteiger partial charge on any atom is 0.175 e. The molecule has 0 aliphatic carbocycles. The van der Waals surface area contributed by atoms with E-state index >= 15 is 0 Å². The summed E-state index contributed by atoms with van der Waals surface area (Å²) in [7, 11) is -1.31. The smallest absolute Gasteiger partial charge is 0.175 e. The summed E-state index contributed by atoms with van der Waals surface area (Å²) in [5.74, 6) is 2.59. The molecule has 0 bridgehead atoms. The largest absolute Gasteiger partial charge is 0.313 e. The highest BCUT2D eigenvalue weighted by molar-refractivity contribution is 7.90. The lowest BCUT2D eigenvalue weighted by molar-refractivity contribution is 0.556. The summed E-state index contributed by atoms with van der Waals surface area (Å²) >= 11 is 0. The van der Waals surface area contributed by atoms with Crippen LogP contribution in [-0.2, 0) is 9.84 Å². The van der Waals surface area contributed by atoms with E-state index in [1.165, 1.54) is 6.26 Å². The molecule has 0 amide bonds. The molecule has 0 aliphatic heterocycles. The Kier molecular flexibility index (Phi) is 4.73. The molecule has 0 saturated heterocycles. The second kappa shape index (κ2) is 5.85. The molecule has 0 spiro atoms. The number of hydrogen-bond donors (Lipinski definition) is 1. The highest BCUT2D eigenvalue weighted by atomic mass is 32.2. The number of rotatable bonds is 5. The maximum absolute atomic E-state index is 11.5. The first-order valence-electron chi connectivity index (χ1n) is 5.39. The molecule has 1 N–H and O–H groups in total. The van der Waals surface area contributed by atoms with Crippen molar-refractivity contribution in [2.24, 2.45) is 0 Å². The Balaban J connectivity index is 3.02. The number of nitrogens with one attached hydrogen (secondary N) is 1. The highest BCUT2D eigenvalue weighted by Crippen LogP contribution is 2.21. The van der Waals surface area contributed by atoms with Gasteiger partial charge in [0, 0.05) is 18.7 Å². The van der Waals surface area contributed by atoms with Crippen LogP contribution in [0.3, 0.4) is 0 Å². The van der Waals surface area contributed by atoms with Crippen LogP contribution in [0.5, 0.6) is 0 Å². The molecule has 17 heavy (non-hydrogen) atoms. The van der Waals surface area contributed by atoms with Crippen molar-refractivity contribution in [1.29, 1.82) is 0 Å². The van der Waals surface area contributed by atoms with Crippen LogP contribution in [0.2, 0.25) is 0 Å². The van der Waals surface area contributed by atoms with E-state index in [4.69, 9.17) is 6.42 Å². The van der Waals surface area contributed by atoms with Gasteiger partial charge in [-0.15, -0.1) is 12.3 Å². The van der Waals surface area contributed by atoms with Gasteiger partial charge < -0.3 is 5.32 Å². The highest BCUT2D eigenvalue weighted by Gasteiger charge is 2.12. The fourth-order valence-corrected chi connectivity index (χ4v) is 2.34. The summed E-state index contributed by atoms with van der Waals surface area (Å²) < 4.78 is 22.9. The van der Waals surface area contributed by atoms with Crippen LogP contribution in [0, 0.1) is 12.3 Å². The second-order valence-corrected chi connectivity index (χ2v) is 5.94. The van der Waals surface area contributed by atoms with Crippen LogP contribution in [-0.4, -0.2) is 21.7 Å². The summed E-state index contributed by atoms with van der Waals surface area (Å²) in [6.45, 7) is 0. The van der Waals surface area contributed by atoms with Gasteiger partial charge in [0.2, 0.25) is 0 Å². The lowest BCUT2D eigenvalue weighted by Gasteiger charge is -2.16. The van der Waals surface area contributed by atoms with Crippen molar-refractivity contribution in [3.63, 3.8) is 0 Å². The predicted octanol–water partition coefficient (Wildman–Crippen LogP) is 1.76. The topological polar surface area (TPSA) is 46.2 Å². The van der Waals surface area contributed by atoms with Gasteiger partial charge >= 0.3 is 0 Å². The zero-order valence-corrected chi connectivity index (χ0v) is 10.9. The molecule has 0 aliphatic rings. The van der Waals surface area contributed by atoms with Gasteiger partial charge in [-0.1, -0.05) is 12.1 Å². The molecule has 92 valence electrons. The molecule has 1 aromatic rings. The molecule has 0 saturated carbocycles. The van der Waals surface area contributed by atoms with Crippen molar-refractivity contribution >= 4 is 9.84 Å². The fourth-order valence-electron chi connectivity index (χ4n) is 1.67. The van der Waals surface area contributed by atoms with Crippen molar-refractivity contribution in [3.05, 3.63) is 29.8 Å². The average Bonchev–Trinajstić information content (AvgIpc) is 2.29. The van der Waals surface area contributed by atoms with E-state index in [1.807, 2.05) is 13.1 Å². The van der Waals surface area contributed by atoms with Gasteiger partial charge in [0.15, 0.2) is 9.84 Å². The average molecular weight is 251 g/mol. The first-order valence-corrected chi connectivity index (χ1v) is 7.29. The van der Waals surface area contributed by atoms with Crippen LogP contribution < -0.4 is 5.32 Å². The van der Waals surface area contributed by atoms with E-state index < -0.39 is 9.84 Å². The lowest BCUT2D eigenvalue weighted by Crippen LogP contribution is -2.16. The standard InChI is InChI=1S/C13H17NO2S/c1-4-5-9-13(14-2)11-7-6-8-12(10-11)17(3,15)16/h1,6-8,10,13-14H,5,9H2,2-3H3. The van der Waals surface area contributed by atoms with Crippen molar-refractivity contribution < 1.29 is 8.42 Å². The summed E-state index contributed by atoms with van der Waals surface area (Å²) in [5.41, 5.74) is 0.950. The molecule has 0 radical (unpaired) electrons. The SMILES string of the molecule is C#CCCC(NC)c1cccc(S(C)(=O)=O)c1. The maximum atomic E-state index is 11.5.